The van der Waals surface area contributed by atoms with Crippen LogP contribution in [0.2, 0.25) is 5.02 Å². The standard InChI is InChI=1S/C30H25ClN2O6S/c1-4-37-28(35)19-10-8-9-18(15-19)23-14-13-20(39-23)16-24-27(34)33-26(21-11-6-7-12-22(21)31)25(29(36)38-5-2)17(3)32-30(33)40-24/h6-16,26H,4-5H2,1-3H3/b24-16+/t26-/m0/s1. The van der Waals surface area contributed by atoms with Crippen molar-refractivity contribution in [1.82, 2.24) is 4.57 Å². The average Bonchev–Trinajstić information content (AvgIpc) is 3.53. The third-order valence-corrected chi connectivity index (χ3v) is 7.60. The van der Waals surface area contributed by atoms with E-state index in [-0.39, 0.29) is 24.3 Å². The van der Waals surface area contributed by atoms with Gasteiger partial charge in [0.1, 0.15) is 17.6 Å². The van der Waals surface area contributed by atoms with Gasteiger partial charge in [0.05, 0.1) is 34.6 Å². The zero-order valence-corrected chi connectivity index (χ0v) is 23.5. The molecule has 0 N–H and O–H groups in total. The fraction of sp³-hybridized carbons (Fsp3) is 0.200. The first-order valence-corrected chi connectivity index (χ1v) is 13.8. The molecule has 40 heavy (non-hydrogen) atoms. The number of hydrogen-bond donors (Lipinski definition) is 0. The lowest BCUT2D eigenvalue weighted by atomic mass is 9.96. The van der Waals surface area contributed by atoms with E-state index in [1.165, 1.54) is 15.9 Å². The van der Waals surface area contributed by atoms with E-state index in [4.69, 9.17) is 25.5 Å². The van der Waals surface area contributed by atoms with Gasteiger partial charge in [-0.15, -0.1) is 0 Å². The molecular weight excluding hydrogens is 552 g/mol. The number of thiazole rings is 1. The number of hydrogen-bond acceptors (Lipinski definition) is 8. The molecule has 0 radical (unpaired) electrons. The van der Waals surface area contributed by atoms with Gasteiger partial charge < -0.3 is 13.9 Å². The molecule has 0 spiro atoms. The molecule has 8 nitrogen and oxygen atoms in total. The van der Waals surface area contributed by atoms with Crippen LogP contribution in [0, 0.1) is 0 Å². The maximum Gasteiger partial charge on any atom is 0.338 e. The largest absolute Gasteiger partial charge is 0.463 e. The molecule has 204 valence electrons. The molecule has 1 aliphatic heterocycles. The molecule has 2 aromatic carbocycles. The van der Waals surface area contributed by atoms with Crippen molar-refractivity contribution in [2.45, 2.75) is 26.8 Å². The first-order chi connectivity index (χ1) is 19.3. The number of allylic oxidation sites excluding steroid dienone is 1. The molecule has 2 aromatic heterocycles. The van der Waals surface area contributed by atoms with Crippen LogP contribution in [0.25, 0.3) is 17.4 Å². The van der Waals surface area contributed by atoms with Gasteiger partial charge in [-0.05, 0) is 56.7 Å². The fourth-order valence-corrected chi connectivity index (χ4v) is 5.78. The minimum Gasteiger partial charge on any atom is -0.463 e. The Morgan fingerprint density at radius 2 is 1.80 bits per heavy atom. The summed E-state index contributed by atoms with van der Waals surface area (Å²) in [7, 11) is 0. The van der Waals surface area contributed by atoms with E-state index < -0.39 is 18.0 Å². The molecule has 10 heteroatoms. The van der Waals surface area contributed by atoms with Crippen LogP contribution in [0.1, 0.15) is 48.5 Å². The van der Waals surface area contributed by atoms with Crippen LogP contribution in [0.3, 0.4) is 0 Å². The van der Waals surface area contributed by atoms with Gasteiger partial charge in [-0.3, -0.25) is 9.36 Å². The number of ether oxygens (including phenoxy) is 2. The number of fused-ring (bicyclic) bond motifs is 1. The summed E-state index contributed by atoms with van der Waals surface area (Å²) in [6, 6.07) is 16.7. The third-order valence-electron chi connectivity index (χ3n) is 6.28. The van der Waals surface area contributed by atoms with Crippen LogP contribution < -0.4 is 14.9 Å². The maximum absolute atomic E-state index is 13.8. The maximum atomic E-state index is 13.8. The van der Waals surface area contributed by atoms with E-state index in [1.54, 1.807) is 81.4 Å². The second kappa shape index (κ2) is 11.5. The summed E-state index contributed by atoms with van der Waals surface area (Å²) in [6.45, 7) is 5.65. The minimum absolute atomic E-state index is 0.179. The smallest absolute Gasteiger partial charge is 0.338 e. The zero-order chi connectivity index (χ0) is 28.4. The lowest BCUT2D eigenvalue weighted by Gasteiger charge is -2.25. The molecule has 0 unspecified atom stereocenters. The van der Waals surface area contributed by atoms with E-state index >= 15 is 0 Å². The Kier molecular flexibility index (Phi) is 7.86. The van der Waals surface area contributed by atoms with E-state index in [1.807, 2.05) is 6.07 Å². The number of nitrogens with zero attached hydrogens (tertiary/aromatic N) is 2. The van der Waals surface area contributed by atoms with Crippen molar-refractivity contribution in [2.75, 3.05) is 13.2 Å². The normalized spacial score (nSPS) is 15.0. The number of benzene rings is 2. The van der Waals surface area contributed by atoms with Crippen molar-refractivity contribution >= 4 is 41.0 Å². The quantitative estimate of drug-likeness (QED) is 0.291. The highest BCUT2D eigenvalue weighted by atomic mass is 35.5. The van der Waals surface area contributed by atoms with E-state index in [9.17, 15) is 14.4 Å². The van der Waals surface area contributed by atoms with Gasteiger partial charge in [0.2, 0.25) is 0 Å². The summed E-state index contributed by atoms with van der Waals surface area (Å²) < 4.78 is 18.3. The number of rotatable bonds is 7. The number of furan rings is 1. The number of carbonyl (C=O) groups is 2. The second-order valence-corrected chi connectivity index (χ2v) is 10.2. The lowest BCUT2D eigenvalue weighted by molar-refractivity contribution is -0.139. The van der Waals surface area contributed by atoms with Crippen molar-refractivity contribution in [3.8, 4) is 11.3 Å². The van der Waals surface area contributed by atoms with Crippen molar-refractivity contribution in [3.63, 3.8) is 0 Å². The molecule has 0 amide bonds. The Bertz CT molecular complexity index is 1830. The molecule has 5 rings (SSSR count). The van der Waals surface area contributed by atoms with Crippen LogP contribution in [-0.2, 0) is 14.3 Å². The highest BCUT2D eigenvalue weighted by Crippen LogP contribution is 2.34. The van der Waals surface area contributed by atoms with E-state index in [0.29, 0.717) is 48.3 Å². The summed E-state index contributed by atoms with van der Waals surface area (Å²) in [5, 5.41) is 0.416. The first kappa shape index (κ1) is 27.4. The van der Waals surface area contributed by atoms with Gasteiger partial charge in [0.15, 0.2) is 4.80 Å². The predicted octanol–water partition coefficient (Wildman–Crippen LogP) is 4.89. The van der Waals surface area contributed by atoms with Crippen LogP contribution in [0.15, 0.2) is 86.1 Å². The van der Waals surface area contributed by atoms with Gasteiger partial charge >= 0.3 is 11.9 Å². The minimum atomic E-state index is -0.802. The number of carbonyl (C=O) groups excluding carboxylic acids is 2. The highest BCUT2D eigenvalue weighted by Gasteiger charge is 2.34. The van der Waals surface area contributed by atoms with Crippen LogP contribution in [0.4, 0.5) is 0 Å². The summed E-state index contributed by atoms with van der Waals surface area (Å²) in [5.74, 6) is 0.00320. The molecule has 0 fully saturated rings. The van der Waals surface area contributed by atoms with Crippen LogP contribution in [-0.4, -0.2) is 29.7 Å². The molecule has 0 saturated heterocycles. The Morgan fingerprint density at radius 3 is 2.55 bits per heavy atom. The van der Waals surface area contributed by atoms with Crippen molar-refractivity contribution in [1.29, 1.82) is 0 Å². The lowest BCUT2D eigenvalue weighted by Crippen LogP contribution is -2.40. The number of halogens is 1. The van der Waals surface area contributed by atoms with Crippen molar-refractivity contribution in [2.24, 2.45) is 4.99 Å². The summed E-state index contributed by atoms with van der Waals surface area (Å²) in [4.78, 5) is 43.9. The fourth-order valence-electron chi connectivity index (χ4n) is 4.51. The third kappa shape index (κ3) is 5.17. The Morgan fingerprint density at radius 1 is 1.05 bits per heavy atom. The molecule has 3 heterocycles. The van der Waals surface area contributed by atoms with Gasteiger partial charge in [0.25, 0.3) is 5.56 Å². The van der Waals surface area contributed by atoms with Crippen LogP contribution in [0.5, 0.6) is 0 Å². The first-order valence-electron chi connectivity index (χ1n) is 12.6. The average molecular weight is 577 g/mol. The molecule has 0 saturated carbocycles. The van der Waals surface area contributed by atoms with E-state index in [0.717, 1.165) is 0 Å². The molecule has 0 bridgehead atoms. The molecule has 0 aliphatic carbocycles. The van der Waals surface area contributed by atoms with Crippen LogP contribution >= 0.6 is 22.9 Å². The summed E-state index contributed by atoms with van der Waals surface area (Å²) in [5.41, 5.74) is 2.08. The summed E-state index contributed by atoms with van der Waals surface area (Å²) >= 11 is 7.73. The van der Waals surface area contributed by atoms with Gasteiger partial charge in [-0.25, -0.2) is 14.6 Å². The highest BCUT2D eigenvalue weighted by molar-refractivity contribution is 7.07. The zero-order valence-electron chi connectivity index (χ0n) is 22.0. The van der Waals surface area contributed by atoms with Gasteiger partial charge in [0, 0.05) is 16.7 Å². The topological polar surface area (TPSA) is 100 Å². The number of esters is 2. The van der Waals surface area contributed by atoms with E-state index in [2.05, 4.69) is 4.99 Å². The Labute approximate surface area is 238 Å². The molecule has 1 aliphatic rings. The SMILES string of the molecule is CCOC(=O)C1=C(C)N=c2s/c(=C/c3ccc(-c4cccc(C(=O)OCC)c4)o3)c(=O)n2[C@H]1c1ccccc1Cl. The van der Waals surface area contributed by atoms with Gasteiger partial charge in [-0.1, -0.05) is 53.3 Å². The van der Waals surface area contributed by atoms with Gasteiger partial charge in [-0.2, -0.15) is 0 Å². The monoisotopic (exact) mass is 576 g/mol. The Balaban J connectivity index is 1.59. The molecular formula is C30H25ClN2O6S. The predicted molar refractivity (Wildman–Crippen MR) is 152 cm³/mol. The van der Waals surface area contributed by atoms with Crippen molar-refractivity contribution in [3.05, 3.63) is 114 Å². The Hall–Kier alpha value is -4.21. The number of aromatic nitrogens is 1. The summed E-state index contributed by atoms with van der Waals surface area (Å²) in [6.07, 6.45) is 1.63. The second-order valence-electron chi connectivity index (χ2n) is 8.83. The van der Waals surface area contributed by atoms with Crippen molar-refractivity contribution < 1.29 is 23.5 Å². The molecule has 1 atom stereocenters. The molecule has 4 aromatic rings.